The SMILES string of the molecule is COc1ccc(C2=CC3CCCN3CC2)cc1. The molecule has 1 fully saturated rings. The highest BCUT2D eigenvalue weighted by Crippen LogP contribution is 2.31. The van der Waals surface area contributed by atoms with Crippen molar-refractivity contribution in [2.24, 2.45) is 0 Å². The fraction of sp³-hybridized carbons (Fsp3) is 0.467. The molecular weight excluding hydrogens is 210 g/mol. The van der Waals surface area contributed by atoms with Gasteiger partial charge in [-0.3, -0.25) is 4.90 Å². The minimum atomic E-state index is 0.695. The van der Waals surface area contributed by atoms with Crippen LogP contribution in [0.25, 0.3) is 5.57 Å². The Morgan fingerprint density at radius 3 is 2.76 bits per heavy atom. The lowest BCUT2D eigenvalue weighted by Crippen LogP contribution is -2.32. The molecule has 0 aromatic heterocycles. The summed E-state index contributed by atoms with van der Waals surface area (Å²) in [4.78, 5) is 2.60. The topological polar surface area (TPSA) is 12.5 Å². The van der Waals surface area contributed by atoms with E-state index in [9.17, 15) is 0 Å². The minimum absolute atomic E-state index is 0.695. The zero-order valence-electron chi connectivity index (χ0n) is 10.4. The Kier molecular flexibility index (Phi) is 2.89. The van der Waals surface area contributed by atoms with Gasteiger partial charge in [-0.15, -0.1) is 0 Å². The molecule has 1 saturated heterocycles. The second kappa shape index (κ2) is 4.53. The molecule has 1 aromatic rings. The van der Waals surface area contributed by atoms with Gasteiger partial charge in [-0.1, -0.05) is 18.2 Å². The Labute approximate surface area is 103 Å². The van der Waals surface area contributed by atoms with E-state index in [1.165, 1.54) is 43.5 Å². The highest BCUT2D eigenvalue weighted by atomic mass is 16.5. The van der Waals surface area contributed by atoms with Crippen molar-refractivity contribution in [3.05, 3.63) is 35.9 Å². The van der Waals surface area contributed by atoms with Crippen LogP contribution in [0.3, 0.4) is 0 Å². The van der Waals surface area contributed by atoms with E-state index in [4.69, 9.17) is 4.74 Å². The number of fused-ring (bicyclic) bond motifs is 1. The molecule has 1 atom stereocenters. The molecule has 2 aliphatic heterocycles. The molecule has 17 heavy (non-hydrogen) atoms. The van der Waals surface area contributed by atoms with Gasteiger partial charge in [0.2, 0.25) is 0 Å². The molecule has 2 aliphatic rings. The van der Waals surface area contributed by atoms with Gasteiger partial charge in [-0.2, -0.15) is 0 Å². The zero-order valence-corrected chi connectivity index (χ0v) is 10.4. The second-order valence-electron chi connectivity index (χ2n) is 4.92. The van der Waals surface area contributed by atoms with E-state index in [-0.39, 0.29) is 0 Å². The minimum Gasteiger partial charge on any atom is -0.497 e. The standard InChI is InChI=1S/C15H19NO/c1-17-15-6-4-12(5-7-15)13-8-10-16-9-2-3-14(16)11-13/h4-7,11,14H,2-3,8-10H2,1H3. The van der Waals surface area contributed by atoms with Gasteiger partial charge in [0.15, 0.2) is 0 Å². The van der Waals surface area contributed by atoms with Crippen LogP contribution in [0, 0.1) is 0 Å². The fourth-order valence-corrected chi connectivity index (χ4v) is 2.94. The van der Waals surface area contributed by atoms with E-state index < -0.39 is 0 Å². The average molecular weight is 229 g/mol. The lowest BCUT2D eigenvalue weighted by molar-refractivity contribution is 0.288. The predicted octanol–water partition coefficient (Wildman–Crippen LogP) is 2.95. The van der Waals surface area contributed by atoms with E-state index in [2.05, 4.69) is 35.2 Å². The van der Waals surface area contributed by atoms with Crippen molar-refractivity contribution in [2.45, 2.75) is 25.3 Å². The molecule has 0 N–H and O–H groups in total. The Balaban J connectivity index is 1.83. The van der Waals surface area contributed by atoms with Crippen LogP contribution in [0.5, 0.6) is 5.75 Å². The van der Waals surface area contributed by atoms with Crippen molar-refractivity contribution >= 4 is 5.57 Å². The average Bonchev–Trinajstić information content (AvgIpc) is 2.86. The number of hydrogen-bond acceptors (Lipinski definition) is 2. The summed E-state index contributed by atoms with van der Waals surface area (Å²) in [5.74, 6) is 0.938. The normalized spacial score (nSPS) is 24.3. The van der Waals surface area contributed by atoms with Gasteiger partial charge in [0.1, 0.15) is 5.75 Å². The number of hydrogen-bond donors (Lipinski definition) is 0. The third-order valence-electron chi connectivity index (χ3n) is 3.94. The second-order valence-corrected chi connectivity index (χ2v) is 4.92. The monoisotopic (exact) mass is 229 g/mol. The summed E-state index contributed by atoms with van der Waals surface area (Å²) in [6.45, 7) is 2.51. The van der Waals surface area contributed by atoms with Crippen LogP contribution < -0.4 is 4.74 Å². The van der Waals surface area contributed by atoms with Crippen LogP contribution in [0.1, 0.15) is 24.8 Å². The lowest BCUT2D eigenvalue weighted by Gasteiger charge is -2.28. The molecule has 0 bridgehead atoms. The Morgan fingerprint density at radius 2 is 2.00 bits per heavy atom. The van der Waals surface area contributed by atoms with E-state index in [1.54, 1.807) is 7.11 Å². The maximum absolute atomic E-state index is 5.20. The van der Waals surface area contributed by atoms with Crippen molar-refractivity contribution < 1.29 is 4.74 Å². The number of rotatable bonds is 2. The smallest absolute Gasteiger partial charge is 0.118 e. The molecule has 90 valence electrons. The molecule has 2 heterocycles. The van der Waals surface area contributed by atoms with Crippen LogP contribution >= 0.6 is 0 Å². The molecule has 1 unspecified atom stereocenters. The summed E-state index contributed by atoms with van der Waals surface area (Å²) in [6, 6.07) is 9.15. The molecule has 2 heteroatoms. The largest absolute Gasteiger partial charge is 0.497 e. The first-order valence-electron chi connectivity index (χ1n) is 6.46. The zero-order chi connectivity index (χ0) is 11.7. The maximum Gasteiger partial charge on any atom is 0.118 e. The first-order valence-corrected chi connectivity index (χ1v) is 6.46. The summed E-state index contributed by atoms with van der Waals surface area (Å²) in [6.07, 6.45) is 6.35. The Morgan fingerprint density at radius 1 is 1.18 bits per heavy atom. The van der Waals surface area contributed by atoms with Crippen molar-refractivity contribution in [2.75, 3.05) is 20.2 Å². The summed E-state index contributed by atoms with van der Waals surface area (Å²) < 4.78 is 5.20. The van der Waals surface area contributed by atoms with Gasteiger partial charge >= 0.3 is 0 Å². The number of benzene rings is 1. The molecular formula is C15H19NO. The van der Waals surface area contributed by atoms with Crippen molar-refractivity contribution in [1.82, 2.24) is 4.90 Å². The van der Waals surface area contributed by atoms with Crippen LogP contribution in [0.4, 0.5) is 0 Å². The quantitative estimate of drug-likeness (QED) is 0.773. The maximum atomic E-state index is 5.20. The molecule has 3 rings (SSSR count). The van der Waals surface area contributed by atoms with E-state index in [1.807, 2.05) is 0 Å². The number of nitrogens with zero attached hydrogens (tertiary/aromatic N) is 1. The van der Waals surface area contributed by atoms with Gasteiger partial charge in [0, 0.05) is 12.6 Å². The van der Waals surface area contributed by atoms with E-state index in [0.29, 0.717) is 6.04 Å². The molecule has 0 aliphatic carbocycles. The van der Waals surface area contributed by atoms with Gasteiger partial charge in [0.25, 0.3) is 0 Å². The van der Waals surface area contributed by atoms with Crippen molar-refractivity contribution in [3.63, 3.8) is 0 Å². The molecule has 2 nitrogen and oxygen atoms in total. The summed E-state index contributed by atoms with van der Waals surface area (Å²) in [7, 11) is 1.71. The third-order valence-corrected chi connectivity index (χ3v) is 3.94. The predicted molar refractivity (Wildman–Crippen MR) is 70.2 cm³/mol. The van der Waals surface area contributed by atoms with Crippen LogP contribution in [-0.2, 0) is 0 Å². The van der Waals surface area contributed by atoms with E-state index >= 15 is 0 Å². The van der Waals surface area contributed by atoms with Gasteiger partial charge < -0.3 is 4.74 Å². The van der Waals surface area contributed by atoms with Crippen molar-refractivity contribution in [1.29, 1.82) is 0 Å². The molecule has 1 aromatic carbocycles. The van der Waals surface area contributed by atoms with Crippen LogP contribution in [0.2, 0.25) is 0 Å². The van der Waals surface area contributed by atoms with Gasteiger partial charge in [-0.05, 0) is 49.1 Å². The van der Waals surface area contributed by atoms with Gasteiger partial charge in [0.05, 0.1) is 7.11 Å². The lowest BCUT2D eigenvalue weighted by atomic mass is 9.96. The highest BCUT2D eigenvalue weighted by Gasteiger charge is 2.26. The summed E-state index contributed by atoms with van der Waals surface area (Å²) in [5.41, 5.74) is 2.87. The summed E-state index contributed by atoms with van der Waals surface area (Å²) in [5, 5.41) is 0. The van der Waals surface area contributed by atoms with Gasteiger partial charge in [-0.25, -0.2) is 0 Å². The molecule has 0 saturated carbocycles. The first-order chi connectivity index (χ1) is 8.36. The van der Waals surface area contributed by atoms with Crippen LogP contribution in [-0.4, -0.2) is 31.1 Å². The van der Waals surface area contributed by atoms with E-state index in [0.717, 1.165) is 5.75 Å². The van der Waals surface area contributed by atoms with Crippen LogP contribution in [0.15, 0.2) is 30.3 Å². The Bertz CT molecular complexity index is 421. The first kappa shape index (κ1) is 10.8. The fourth-order valence-electron chi connectivity index (χ4n) is 2.94. The highest BCUT2D eigenvalue weighted by molar-refractivity contribution is 5.67. The number of methoxy groups -OCH3 is 1. The number of ether oxygens (including phenoxy) is 1. The summed E-state index contributed by atoms with van der Waals surface area (Å²) >= 11 is 0. The molecule has 0 amide bonds. The molecule has 0 spiro atoms. The van der Waals surface area contributed by atoms with Crippen molar-refractivity contribution in [3.8, 4) is 5.75 Å². The Hall–Kier alpha value is -1.28. The third kappa shape index (κ3) is 2.09. The molecule has 0 radical (unpaired) electrons.